The monoisotopic (exact) mass is 413 g/mol. The maximum Gasteiger partial charge on any atom is 0.306 e. The second-order valence-electron chi connectivity index (χ2n) is 6.27. The first-order valence-corrected chi connectivity index (χ1v) is 9.43. The lowest BCUT2D eigenvalue weighted by atomic mass is 10.1. The molecule has 0 radical (unpaired) electrons. The fraction of sp³-hybridized carbons (Fsp3) is 0.238. The number of esters is 1. The zero-order valence-electron chi connectivity index (χ0n) is 16.2. The molecule has 0 aliphatic heterocycles. The van der Waals surface area contributed by atoms with Crippen molar-refractivity contribution in [2.75, 3.05) is 12.4 Å². The lowest BCUT2D eigenvalue weighted by Gasteiger charge is -2.15. The first kappa shape index (κ1) is 22.0. The van der Waals surface area contributed by atoms with Gasteiger partial charge in [0, 0.05) is 17.7 Å². The summed E-state index contributed by atoms with van der Waals surface area (Å²) in [6, 6.07) is 16.3. The molecular formula is C21H23N3O4S. The Morgan fingerprint density at radius 2 is 1.76 bits per heavy atom. The van der Waals surface area contributed by atoms with Gasteiger partial charge in [-0.25, -0.2) is 0 Å². The third-order valence-corrected chi connectivity index (χ3v) is 4.27. The average Bonchev–Trinajstić information content (AvgIpc) is 2.72. The molecule has 0 aromatic heterocycles. The van der Waals surface area contributed by atoms with Gasteiger partial charge in [-0.1, -0.05) is 36.4 Å². The van der Waals surface area contributed by atoms with Crippen molar-refractivity contribution in [3.05, 3.63) is 65.7 Å². The van der Waals surface area contributed by atoms with E-state index in [1.165, 1.54) is 7.11 Å². The summed E-state index contributed by atoms with van der Waals surface area (Å²) in [6.07, 6.45) is -0.0610. The maximum atomic E-state index is 12.5. The van der Waals surface area contributed by atoms with E-state index in [1.54, 1.807) is 24.3 Å². The second-order valence-corrected chi connectivity index (χ2v) is 6.67. The van der Waals surface area contributed by atoms with Crippen LogP contribution in [0.25, 0.3) is 0 Å². The SMILES string of the molecule is COC(=O)CCC(=O)NC(=S)Nc1cccc(C(=O)NC(C)c2ccccc2)c1. The Morgan fingerprint density at radius 1 is 1.03 bits per heavy atom. The highest BCUT2D eigenvalue weighted by molar-refractivity contribution is 7.80. The highest BCUT2D eigenvalue weighted by Gasteiger charge is 2.13. The molecule has 0 heterocycles. The van der Waals surface area contributed by atoms with Crippen LogP contribution in [0.2, 0.25) is 0 Å². The molecule has 29 heavy (non-hydrogen) atoms. The van der Waals surface area contributed by atoms with Crippen molar-refractivity contribution >= 4 is 40.8 Å². The number of anilines is 1. The number of rotatable bonds is 7. The smallest absolute Gasteiger partial charge is 0.306 e. The van der Waals surface area contributed by atoms with E-state index < -0.39 is 11.9 Å². The van der Waals surface area contributed by atoms with Crippen molar-refractivity contribution in [2.45, 2.75) is 25.8 Å². The molecule has 0 spiro atoms. The van der Waals surface area contributed by atoms with E-state index in [4.69, 9.17) is 12.2 Å². The molecule has 0 saturated heterocycles. The van der Waals surface area contributed by atoms with Crippen molar-refractivity contribution in [1.82, 2.24) is 10.6 Å². The van der Waals surface area contributed by atoms with E-state index >= 15 is 0 Å². The molecule has 0 fully saturated rings. The molecule has 152 valence electrons. The summed E-state index contributed by atoms with van der Waals surface area (Å²) in [5, 5.41) is 8.37. The van der Waals surface area contributed by atoms with Crippen molar-refractivity contribution in [2.24, 2.45) is 0 Å². The number of hydrogen-bond acceptors (Lipinski definition) is 5. The van der Waals surface area contributed by atoms with Gasteiger partial charge in [0.2, 0.25) is 5.91 Å². The second kappa shape index (κ2) is 10.9. The van der Waals surface area contributed by atoms with Crippen LogP contribution >= 0.6 is 12.2 Å². The van der Waals surface area contributed by atoms with Crippen LogP contribution in [-0.2, 0) is 14.3 Å². The summed E-state index contributed by atoms with van der Waals surface area (Å²) in [6.45, 7) is 1.91. The highest BCUT2D eigenvalue weighted by atomic mass is 32.1. The van der Waals surface area contributed by atoms with Crippen molar-refractivity contribution in [1.29, 1.82) is 0 Å². The molecule has 7 nitrogen and oxygen atoms in total. The lowest BCUT2D eigenvalue weighted by molar-refractivity contribution is -0.142. The van der Waals surface area contributed by atoms with Gasteiger partial charge in [0.05, 0.1) is 19.6 Å². The van der Waals surface area contributed by atoms with Gasteiger partial charge in [-0.2, -0.15) is 0 Å². The van der Waals surface area contributed by atoms with Crippen molar-refractivity contribution < 1.29 is 19.1 Å². The van der Waals surface area contributed by atoms with E-state index in [-0.39, 0.29) is 29.9 Å². The van der Waals surface area contributed by atoms with Gasteiger partial charge in [0.15, 0.2) is 5.11 Å². The number of ether oxygens (including phenoxy) is 1. The molecule has 0 aliphatic rings. The Morgan fingerprint density at radius 3 is 2.45 bits per heavy atom. The molecule has 2 aromatic carbocycles. The number of methoxy groups -OCH3 is 1. The predicted molar refractivity (Wildman–Crippen MR) is 114 cm³/mol. The number of carbonyl (C=O) groups excluding carboxylic acids is 3. The largest absolute Gasteiger partial charge is 0.469 e. The molecule has 0 aliphatic carbocycles. The Bertz CT molecular complexity index is 887. The topological polar surface area (TPSA) is 96.5 Å². The summed E-state index contributed by atoms with van der Waals surface area (Å²) in [4.78, 5) is 35.4. The van der Waals surface area contributed by atoms with Gasteiger partial charge >= 0.3 is 5.97 Å². The summed E-state index contributed by atoms with van der Waals surface area (Å²) in [5.74, 6) is -1.10. The van der Waals surface area contributed by atoms with Crippen LogP contribution in [0.3, 0.4) is 0 Å². The van der Waals surface area contributed by atoms with Gasteiger partial charge in [-0.3, -0.25) is 14.4 Å². The minimum atomic E-state index is -0.470. The van der Waals surface area contributed by atoms with Gasteiger partial charge in [0.1, 0.15) is 0 Å². The number of hydrogen-bond donors (Lipinski definition) is 3. The molecule has 2 amide bonds. The third-order valence-electron chi connectivity index (χ3n) is 4.07. The fourth-order valence-corrected chi connectivity index (χ4v) is 2.74. The number of nitrogens with one attached hydrogen (secondary N) is 3. The molecule has 1 atom stereocenters. The standard InChI is InChI=1S/C21H23N3O4S/c1-14(15-7-4-3-5-8-15)22-20(27)16-9-6-10-17(13-16)23-21(29)24-18(25)11-12-19(26)28-2/h3-10,13-14H,11-12H2,1-2H3,(H,22,27)(H2,23,24,25,29). The molecular weight excluding hydrogens is 390 g/mol. The van der Waals surface area contributed by atoms with Gasteiger partial charge in [-0.15, -0.1) is 0 Å². The molecule has 2 aromatic rings. The molecule has 0 saturated carbocycles. The van der Waals surface area contributed by atoms with Crippen molar-refractivity contribution in [3.8, 4) is 0 Å². The van der Waals surface area contributed by atoms with Crippen LogP contribution in [0.15, 0.2) is 54.6 Å². The van der Waals surface area contributed by atoms with E-state index in [0.717, 1.165) is 5.56 Å². The Kier molecular flexibility index (Phi) is 8.29. The first-order valence-electron chi connectivity index (χ1n) is 9.02. The average molecular weight is 413 g/mol. The summed E-state index contributed by atoms with van der Waals surface area (Å²) in [7, 11) is 1.26. The summed E-state index contributed by atoms with van der Waals surface area (Å²) < 4.78 is 4.49. The highest BCUT2D eigenvalue weighted by Crippen LogP contribution is 2.15. The quantitative estimate of drug-likeness (QED) is 0.477. The molecule has 2 rings (SSSR count). The van der Waals surface area contributed by atoms with Crippen LogP contribution < -0.4 is 16.0 Å². The van der Waals surface area contributed by atoms with Crippen LogP contribution in [0.1, 0.15) is 41.7 Å². The zero-order valence-corrected chi connectivity index (χ0v) is 17.0. The minimum Gasteiger partial charge on any atom is -0.469 e. The van der Waals surface area contributed by atoms with E-state index in [1.807, 2.05) is 37.3 Å². The molecule has 0 bridgehead atoms. The third kappa shape index (κ3) is 7.34. The molecule has 8 heteroatoms. The first-order chi connectivity index (χ1) is 13.9. The number of carbonyl (C=O) groups is 3. The van der Waals surface area contributed by atoms with Gasteiger partial charge in [0.25, 0.3) is 5.91 Å². The van der Waals surface area contributed by atoms with Crippen LogP contribution in [0.4, 0.5) is 5.69 Å². The van der Waals surface area contributed by atoms with E-state index in [0.29, 0.717) is 11.3 Å². The van der Waals surface area contributed by atoms with Crippen LogP contribution in [0.5, 0.6) is 0 Å². The van der Waals surface area contributed by atoms with Gasteiger partial charge < -0.3 is 20.7 Å². The van der Waals surface area contributed by atoms with Crippen LogP contribution in [0, 0.1) is 0 Å². The van der Waals surface area contributed by atoms with E-state index in [9.17, 15) is 14.4 Å². The number of amides is 2. The predicted octanol–water partition coefficient (Wildman–Crippen LogP) is 2.94. The Labute approximate surface area is 174 Å². The number of benzene rings is 2. The molecule has 3 N–H and O–H groups in total. The lowest BCUT2D eigenvalue weighted by Crippen LogP contribution is -2.34. The number of thiocarbonyl (C=S) groups is 1. The fourth-order valence-electron chi connectivity index (χ4n) is 2.51. The van der Waals surface area contributed by atoms with Crippen molar-refractivity contribution in [3.63, 3.8) is 0 Å². The van der Waals surface area contributed by atoms with Crippen LogP contribution in [-0.4, -0.2) is 30.0 Å². The molecule has 1 unspecified atom stereocenters. The Hall–Kier alpha value is -3.26. The van der Waals surface area contributed by atoms with E-state index in [2.05, 4.69) is 20.7 Å². The Balaban J connectivity index is 1.91. The maximum absolute atomic E-state index is 12.5. The summed E-state index contributed by atoms with van der Waals surface area (Å²) in [5.41, 5.74) is 2.02. The summed E-state index contributed by atoms with van der Waals surface area (Å²) >= 11 is 5.10. The zero-order chi connectivity index (χ0) is 21.2. The van der Waals surface area contributed by atoms with Gasteiger partial charge in [-0.05, 0) is 42.9 Å². The normalized spacial score (nSPS) is 11.1. The minimum absolute atomic E-state index is 0.0276.